The molecule has 2 aliphatic rings. The summed E-state index contributed by atoms with van der Waals surface area (Å²) in [5, 5.41) is 14.8. The van der Waals surface area contributed by atoms with Crippen molar-refractivity contribution >= 4 is 5.91 Å². The van der Waals surface area contributed by atoms with Crippen molar-refractivity contribution in [1.29, 1.82) is 5.26 Å². The van der Waals surface area contributed by atoms with Crippen LogP contribution in [0.4, 0.5) is 4.39 Å². The summed E-state index contributed by atoms with van der Waals surface area (Å²) in [6, 6.07) is 5.88. The summed E-state index contributed by atoms with van der Waals surface area (Å²) in [5.74, 6) is 0.0223. The predicted octanol–water partition coefficient (Wildman–Crippen LogP) is 3.68. The van der Waals surface area contributed by atoms with Crippen LogP contribution in [0.3, 0.4) is 0 Å². The molecule has 2 heterocycles. The number of amides is 1. The Bertz CT molecular complexity index is 927. The summed E-state index contributed by atoms with van der Waals surface area (Å²) in [6.45, 7) is 0.422. The van der Waals surface area contributed by atoms with E-state index in [4.69, 9.17) is 10.1 Å². The van der Waals surface area contributed by atoms with E-state index in [0.717, 1.165) is 32.1 Å². The van der Waals surface area contributed by atoms with Crippen LogP contribution in [0.5, 0.6) is 0 Å². The highest BCUT2D eigenvalue weighted by Crippen LogP contribution is 2.37. The van der Waals surface area contributed by atoms with Gasteiger partial charge in [0.05, 0.1) is 30.5 Å². The first-order valence-electron chi connectivity index (χ1n) is 10.2. The van der Waals surface area contributed by atoms with Crippen molar-refractivity contribution in [2.24, 2.45) is 18.9 Å². The Balaban J connectivity index is 1.39. The van der Waals surface area contributed by atoms with Crippen LogP contribution in [0.1, 0.15) is 54.8 Å². The maximum atomic E-state index is 13.9. The quantitative estimate of drug-likeness (QED) is 0.790. The van der Waals surface area contributed by atoms with Gasteiger partial charge in [-0.2, -0.15) is 10.4 Å². The van der Waals surface area contributed by atoms with Crippen LogP contribution in [-0.4, -0.2) is 27.4 Å². The second kappa shape index (κ2) is 8.34. The molecule has 2 fully saturated rings. The van der Waals surface area contributed by atoms with Crippen molar-refractivity contribution < 1.29 is 14.0 Å². The standard InChI is InChI=1S/C22H25FN4O2/c1-26-14-17(13-25-26)8-15-2-4-18(5-3-15)22(28)27-21(6-7-29-27)19-9-16(12-24)10-20(23)11-19/h9-11,13-15,18,21H,2-8H2,1H3/t15?,18?,21-/m0/s1. The fourth-order valence-electron chi connectivity index (χ4n) is 4.56. The van der Waals surface area contributed by atoms with Gasteiger partial charge in [0, 0.05) is 25.6 Å². The van der Waals surface area contributed by atoms with Gasteiger partial charge in [0.15, 0.2) is 0 Å². The number of carbonyl (C=O) groups excluding carboxylic acids is 1. The highest BCUT2D eigenvalue weighted by molar-refractivity contribution is 5.78. The number of carbonyl (C=O) groups is 1. The Hall–Kier alpha value is -2.72. The first-order chi connectivity index (χ1) is 14.0. The zero-order chi connectivity index (χ0) is 20.4. The number of benzene rings is 1. The van der Waals surface area contributed by atoms with Gasteiger partial charge < -0.3 is 0 Å². The zero-order valence-corrected chi connectivity index (χ0v) is 16.6. The minimum atomic E-state index is -0.464. The molecule has 6 nitrogen and oxygen atoms in total. The Labute approximate surface area is 169 Å². The molecule has 1 aromatic carbocycles. The lowest BCUT2D eigenvalue weighted by atomic mass is 9.79. The highest BCUT2D eigenvalue weighted by Gasteiger charge is 2.37. The Morgan fingerprint density at radius 2 is 2.07 bits per heavy atom. The molecule has 1 atom stereocenters. The Morgan fingerprint density at radius 3 is 2.76 bits per heavy atom. The monoisotopic (exact) mass is 396 g/mol. The summed E-state index contributed by atoms with van der Waals surface area (Å²) in [5.41, 5.74) is 2.12. The van der Waals surface area contributed by atoms with Gasteiger partial charge in [-0.25, -0.2) is 9.45 Å². The molecule has 2 aromatic rings. The van der Waals surface area contributed by atoms with E-state index in [9.17, 15) is 9.18 Å². The topological polar surface area (TPSA) is 71.2 Å². The number of hydrogen-bond acceptors (Lipinski definition) is 4. The number of halogens is 1. The minimum absolute atomic E-state index is 0.0184. The van der Waals surface area contributed by atoms with E-state index in [1.54, 1.807) is 6.07 Å². The van der Waals surface area contributed by atoms with E-state index in [1.165, 1.54) is 22.8 Å². The van der Waals surface area contributed by atoms with Crippen LogP contribution in [0.15, 0.2) is 30.6 Å². The van der Waals surface area contributed by atoms with E-state index < -0.39 is 5.82 Å². The molecule has 1 aromatic heterocycles. The molecule has 0 spiro atoms. The van der Waals surface area contributed by atoms with Gasteiger partial charge in [0.25, 0.3) is 0 Å². The van der Waals surface area contributed by atoms with Gasteiger partial charge in [0.1, 0.15) is 5.82 Å². The van der Waals surface area contributed by atoms with E-state index in [0.29, 0.717) is 24.5 Å². The Morgan fingerprint density at radius 1 is 1.28 bits per heavy atom. The van der Waals surface area contributed by atoms with Crippen LogP contribution in [-0.2, 0) is 23.1 Å². The van der Waals surface area contributed by atoms with E-state index in [1.807, 2.05) is 30.2 Å². The van der Waals surface area contributed by atoms with Crippen LogP contribution >= 0.6 is 0 Å². The van der Waals surface area contributed by atoms with Crippen molar-refractivity contribution in [2.75, 3.05) is 6.61 Å². The maximum absolute atomic E-state index is 13.9. The number of rotatable bonds is 4. The second-order valence-corrected chi connectivity index (χ2v) is 8.13. The van der Waals surface area contributed by atoms with Gasteiger partial charge in [-0.3, -0.25) is 14.3 Å². The van der Waals surface area contributed by atoms with Gasteiger partial charge in [-0.05, 0) is 67.3 Å². The average Bonchev–Trinajstić information content (AvgIpc) is 3.36. The summed E-state index contributed by atoms with van der Waals surface area (Å²) in [6.07, 6.45) is 9.24. The molecular formula is C22H25FN4O2. The number of nitrogens with zero attached hydrogens (tertiary/aromatic N) is 4. The molecule has 0 radical (unpaired) electrons. The van der Waals surface area contributed by atoms with E-state index in [-0.39, 0.29) is 23.4 Å². The smallest absolute Gasteiger partial charge is 0.249 e. The third-order valence-electron chi connectivity index (χ3n) is 6.03. The maximum Gasteiger partial charge on any atom is 0.249 e. The molecular weight excluding hydrogens is 371 g/mol. The van der Waals surface area contributed by atoms with Crippen molar-refractivity contribution in [2.45, 2.75) is 44.6 Å². The van der Waals surface area contributed by atoms with Crippen LogP contribution in [0.25, 0.3) is 0 Å². The van der Waals surface area contributed by atoms with Crippen molar-refractivity contribution in [3.8, 4) is 6.07 Å². The summed E-state index contributed by atoms with van der Waals surface area (Å²) in [4.78, 5) is 18.8. The zero-order valence-electron chi connectivity index (χ0n) is 16.6. The second-order valence-electron chi connectivity index (χ2n) is 8.13. The fraction of sp³-hybridized carbons (Fsp3) is 0.500. The molecule has 1 saturated carbocycles. The first-order valence-corrected chi connectivity index (χ1v) is 10.2. The Kier molecular flexibility index (Phi) is 5.63. The number of hydrogen-bond donors (Lipinski definition) is 0. The molecule has 0 bridgehead atoms. The van der Waals surface area contributed by atoms with Crippen molar-refractivity contribution in [1.82, 2.24) is 14.8 Å². The average molecular weight is 396 g/mol. The van der Waals surface area contributed by atoms with Crippen LogP contribution in [0, 0.1) is 29.0 Å². The summed E-state index contributed by atoms with van der Waals surface area (Å²) in [7, 11) is 1.92. The highest BCUT2D eigenvalue weighted by atomic mass is 19.1. The lowest BCUT2D eigenvalue weighted by molar-refractivity contribution is -0.183. The third kappa shape index (κ3) is 4.33. The number of nitriles is 1. The molecule has 0 unspecified atom stereocenters. The third-order valence-corrected chi connectivity index (χ3v) is 6.03. The number of aromatic nitrogens is 2. The molecule has 1 saturated heterocycles. The first kappa shape index (κ1) is 19.6. The van der Waals surface area contributed by atoms with Gasteiger partial charge in [-0.1, -0.05) is 0 Å². The molecule has 7 heteroatoms. The van der Waals surface area contributed by atoms with Crippen LogP contribution < -0.4 is 0 Å². The largest absolute Gasteiger partial charge is 0.276 e. The lowest BCUT2D eigenvalue weighted by Crippen LogP contribution is -2.36. The van der Waals surface area contributed by atoms with Gasteiger partial charge in [-0.15, -0.1) is 0 Å². The molecule has 29 heavy (non-hydrogen) atoms. The summed E-state index contributed by atoms with van der Waals surface area (Å²) < 4.78 is 15.7. The number of aryl methyl sites for hydroxylation is 1. The minimum Gasteiger partial charge on any atom is -0.276 e. The van der Waals surface area contributed by atoms with E-state index >= 15 is 0 Å². The fourth-order valence-corrected chi connectivity index (χ4v) is 4.56. The molecule has 152 valence electrons. The molecule has 1 amide bonds. The predicted molar refractivity (Wildman–Crippen MR) is 104 cm³/mol. The van der Waals surface area contributed by atoms with Crippen molar-refractivity contribution in [3.05, 3.63) is 53.1 Å². The number of hydroxylamine groups is 2. The summed E-state index contributed by atoms with van der Waals surface area (Å²) >= 11 is 0. The molecule has 1 aliphatic heterocycles. The SMILES string of the molecule is Cn1cc(CC2CCC(C(=O)N3OCC[C@H]3c3cc(F)cc(C#N)c3)CC2)cn1. The molecule has 1 aliphatic carbocycles. The van der Waals surface area contributed by atoms with Gasteiger partial charge >= 0.3 is 0 Å². The molecule has 0 N–H and O–H groups in total. The normalized spacial score (nSPS) is 24.4. The molecule has 4 rings (SSSR count). The van der Waals surface area contributed by atoms with Crippen molar-refractivity contribution in [3.63, 3.8) is 0 Å². The van der Waals surface area contributed by atoms with E-state index in [2.05, 4.69) is 5.10 Å². The lowest BCUT2D eigenvalue weighted by Gasteiger charge is -2.32. The van der Waals surface area contributed by atoms with Crippen LogP contribution in [0.2, 0.25) is 0 Å². The van der Waals surface area contributed by atoms with Gasteiger partial charge in [0.2, 0.25) is 5.91 Å².